The number of nitrogens with zero attached hydrogens (tertiary/aromatic N) is 1. The van der Waals surface area contributed by atoms with Crippen LogP contribution in [0.5, 0.6) is 5.75 Å². The molecule has 106 valence electrons. The number of carboxylic acid groups (broad SMARTS) is 1. The average molecular weight is 295 g/mol. The Balaban J connectivity index is 2.05. The number of aromatic nitrogens is 1. The topological polar surface area (TPSA) is 59.4 Å². The zero-order chi connectivity index (χ0) is 14.7. The van der Waals surface area contributed by atoms with Crippen LogP contribution in [0.3, 0.4) is 0 Å². The predicted octanol–water partition coefficient (Wildman–Crippen LogP) is 3.68. The van der Waals surface area contributed by atoms with Crippen molar-refractivity contribution in [3.05, 3.63) is 45.7 Å². The fourth-order valence-corrected chi connectivity index (χ4v) is 2.38. The molecule has 1 aromatic carbocycles. The number of halogens is 1. The number of aromatic carboxylic acids is 1. The van der Waals surface area contributed by atoms with Gasteiger partial charge in [-0.25, -0.2) is 14.2 Å². The molecule has 0 saturated carbocycles. The highest BCUT2D eigenvalue weighted by Gasteiger charge is 2.11. The van der Waals surface area contributed by atoms with Gasteiger partial charge in [0.2, 0.25) is 0 Å². The quantitative estimate of drug-likeness (QED) is 0.914. The summed E-state index contributed by atoms with van der Waals surface area (Å²) < 4.78 is 19.0. The van der Waals surface area contributed by atoms with Crippen molar-refractivity contribution in [1.82, 2.24) is 4.98 Å². The first-order valence-electron chi connectivity index (χ1n) is 6.07. The molecular formula is C14H14FNO3S. The lowest BCUT2D eigenvalue weighted by Crippen LogP contribution is -2.01. The number of rotatable bonds is 5. The minimum atomic E-state index is -1.17. The lowest BCUT2D eigenvalue weighted by Gasteiger charge is -2.06. The molecule has 2 rings (SSSR count). The minimum Gasteiger partial charge on any atom is -0.484 e. The first-order valence-corrected chi connectivity index (χ1v) is 6.95. The van der Waals surface area contributed by atoms with Gasteiger partial charge in [-0.05, 0) is 18.2 Å². The smallest absolute Gasteiger partial charge is 0.335 e. The van der Waals surface area contributed by atoms with E-state index in [2.05, 4.69) is 4.98 Å². The van der Waals surface area contributed by atoms with E-state index in [4.69, 9.17) is 9.84 Å². The molecule has 1 aromatic heterocycles. The van der Waals surface area contributed by atoms with Crippen molar-refractivity contribution < 1.29 is 19.0 Å². The molecule has 2 aromatic rings. The molecule has 0 aliphatic heterocycles. The Hall–Kier alpha value is -1.95. The van der Waals surface area contributed by atoms with Gasteiger partial charge in [0.25, 0.3) is 0 Å². The molecule has 1 heterocycles. The standard InChI is InChI=1S/C14H14FNO3S/c1-8(2)13-16-10(7-20-13)6-19-12-4-3-9(14(17)18)5-11(12)15/h3-5,7-8H,6H2,1-2H3,(H,17,18). The molecule has 0 spiro atoms. The molecule has 0 atom stereocenters. The Labute approximate surface area is 119 Å². The van der Waals surface area contributed by atoms with Crippen LogP contribution in [-0.2, 0) is 6.61 Å². The molecule has 0 amide bonds. The second kappa shape index (κ2) is 6.00. The van der Waals surface area contributed by atoms with Crippen LogP contribution in [0.1, 0.15) is 40.8 Å². The van der Waals surface area contributed by atoms with Crippen molar-refractivity contribution in [1.29, 1.82) is 0 Å². The van der Waals surface area contributed by atoms with Crippen LogP contribution in [0.4, 0.5) is 4.39 Å². The van der Waals surface area contributed by atoms with Gasteiger partial charge in [-0.2, -0.15) is 0 Å². The Morgan fingerprint density at radius 1 is 1.50 bits per heavy atom. The molecule has 4 nitrogen and oxygen atoms in total. The second-order valence-electron chi connectivity index (χ2n) is 4.57. The van der Waals surface area contributed by atoms with E-state index in [1.165, 1.54) is 12.1 Å². The zero-order valence-corrected chi connectivity index (χ0v) is 11.9. The van der Waals surface area contributed by atoms with Gasteiger partial charge in [0, 0.05) is 11.3 Å². The van der Waals surface area contributed by atoms with Crippen molar-refractivity contribution in [3.8, 4) is 5.75 Å². The maximum absolute atomic E-state index is 13.6. The van der Waals surface area contributed by atoms with Crippen LogP contribution in [-0.4, -0.2) is 16.1 Å². The van der Waals surface area contributed by atoms with Crippen LogP contribution in [0.2, 0.25) is 0 Å². The number of hydrogen-bond acceptors (Lipinski definition) is 4. The summed E-state index contributed by atoms with van der Waals surface area (Å²) in [7, 11) is 0. The average Bonchev–Trinajstić information content (AvgIpc) is 2.86. The fourth-order valence-electron chi connectivity index (χ4n) is 1.56. The number of hydrogen-bond donors (Lipinski definition) is 1. The summed E-state index contributed by atoms with van der Waals surface area (Å²) in [6, 6.07) is 3.56. The summed E-state index contributed by atoms with van der Waals surface area (Å²) in [5.41, 5.74) is 0.631. The molecular weight excluding hydrogens is 281 g/mol. The van der Waals surface area contributed by atoms with Gasteiger partial charge in [0.05, 0.1) is 16.3 Å². The molecule has 20 heavy (non-hydrogen) atoms. The maximum atomic E-state index is 13.6. The van der Waals surface area contributed by atoms with Gasteiger partial charge >= 0.3 is 5.97 Å². The Morgan fingerprint density at radius 2 is 2.25 bits per heavy atom. The predicted molar refractivity (Wildman–Crippen MR) is 73.9 cm³/mol. The van der Waals surface area contributed by atoms with E-state index in [0.717, 1.165) is 16.8 Å². The highest BCUT2D eigenvalue weighted by molar-refractivity contribution is 7.09. The normalized spacial score (nSPS) is 10.8. The number of ether oxygens (including phenoxy) is 1. The van der Waals surface area contributed by atoms with E-state index in [9.17, 15) is 9.18 Å². The number of thiazole rings is 1. The van der Waals surface area contributed by atoms with Gasteiger partial charge in [-0.1, -0.05) is 13.8 Å². The van der Waals surface area contributed by atoms with Crippen LogP contribution in [0.25, 0.3) is 0 Å². The fraction of sp³-hybridized carbons (Fsp3) is 0.286. The lowest BCUT2D eigenvalue weighted by molar-refractivity contribution is 0.0696. The number of carboxylic acids is 1. The van der Waals surface area contributed by atoms with Crippen LogP contribution < -0.4 is 4.74 Å². The highest BCUT2D eigenvalue weighted by Crippen LogP contribution is 2.22. The molecule has 1 N–H and O–H groups in total. The monoisotopic (exact) mass is 295 g/mol. The van der Waals surface area contributed by atoms with Crippen LogP contribution in [0.15, 0.2) is 23.6 Å². The van der Waals surface area contributed by atoms with Crippen molar-refractivity contribution in [3.63, 3.8) is 0 Å². The Morgan fingerprint density at radius 3 is 2.80 bits per heavy atom. The molecule has 0 radical (unpaired) electrons. The first-order chi connectivity index (χ1) is 9.47. The van der Waals surface area contributed by atoms with Crippen LogP contribution >= 0.6 is 11.3 Å². The van der Waals surface area contributed by atoms with E-state index in [1.54, 1.807) is 11.3 Å². The van der Waals surface area contributed by atoms with E-state index >= 15 is 0 Å². The largest absolute Gasteiger partial charge is 0.484 e. The molecule has 0 bridgehead atoms. The summed E-state index contributed by atoms with van der Waals surface area (Å²) in [5.74, 6) is -1.49. The number of carbonyl (C=O) groups is 1. The van der Waals surface area contributed by atoms with Gasteiger partial charge < -0.3 is 9.84 Å². The van der Waals surface area contributed by atoms with Gasteiger partial charge in [0.15, 0.2) is 11.6 Å². The summed E-state index contributed by atoms with van der Waals surface area (Å²) in [4.78, 5) is 15.1. The third-order valence-corrected chi connectivity index (χ3v) is 3.81. The van der Waals surface area contributed by atoms with Gasteiger partial charge in [-0.15, -0.1) is 11.3 Å². The maximum Gasteiger partial charge on any atom is 0.335 e. The lowest BCUT2D eigenvalue weighted by atomic mass is 10.2. The van der Waals surface area contributed by atoms with Gasteiger partial charge in [-0.3, -0.25) is 0 Å². The zero-order valence-electron chi connectivity index (χ0n) is 11.1. The molecule has 0 aliphatic carbocycles. The Bertz CT molecular complexity index is 625. The minimum absolute atomic E-state index is 0.0223. The van der Waals surface area contributed by atoms with E-state index in [1.807, 2.05) is 19.2 Å². The first kappa shape index (κ1) is 14.5. The second-order valence-corrected chi connectivity index (χ2v) is 5.46. The van der Waals surface area contributed by atoms with Crippen molar-refractivity contribution in [2.24, 2.45) is 0 Å². The van der Waals surface area contributed by atoms with Crippen molar-refractivity contribution in [2.75, 3.05) is 0 Å². The van der Waals surface area contributed by atoms with E-state index < -0.39 is 11.8 Å². The third kappa shape index (κ3) is 3.33. The summed E-state index contributed by atoms with van der Waals surface area (Å²) in [6.45, 7) is 4.26. The summed E-state index contributed by atoms with van der Waals surface area (Å²) in [5, 5.41) is 11.6. The van der Waals surface area contributed by atoms with E-state index in [0.29, 0.717) is 5.92 Å². The highest BCUT2D eigenvalue weighted by atomic mass is 32.1. The van der Waals surface area contributed by atoms with Crippen LogP contribution in [0, 0.1) is 5.82 Å². The molecule has 0 fully saturated rings. The van der Waals surface area contributed by atoms with Gasteiger partial charge in [0.1, 0.15) is 6.61 Å². The van der Waals surface area contributed by atoms with E-state index in [-0.39, 0.29) is 17.9 Å². The van der Waals surface area contributed by atoms with Crippen molar-refractivity contribution in [2.45, 2.75) is 26.4 Å². The SMILES string of the molecule is CC(C)c1nc(COc2ccc(C(=O)O)cc2F)cs1. The Kier molecular flexibility index (Phi) is 4.34. The number of benzene rings is 1. The van der Waals surface area contributed by atoms with Crippen molar-refractivity contribution >= 4 is 17.3 Å². The molecule has 6 heteroatoms. The summed E-state index contributed by atoms with van der Waals surface area (Å²) >= 11 is 1.54. The summed E-state index contributed by atoms with van der Waals surface area (Å²) in [6.07, 6.45) is 0. The molecule has 0 aliphatic rings. The molecule has 0 unspecified atom stereocenters. The third-order valence-electron chi connectivity index (χ3n) is 2.62. The molecule has 0 saturated heterocycles.